The van der Waals surface area contributed by atoms with E-state index in [-0.39, 0.29) is 29.8 Å². The Morgan fingerprint density at radius 1 is 1.29 bits per heavy atom. The lowest BCUT2D eigenvalue weighted by molar-refractivity contribution is -0.120. The summed E-state index contributed by atoms with van der Waals surface area (Å²) in [7, 11) is 1.66. The summed E-state index contributed by atoms with van der Waals surface area (Å²) in [5.41, 5.74) is 1.70. The van der Waals surface area contributed by atoms with Crippen LogP contribution in [0.2, 0.25) is 0 Å². The summed E-state index contributed by atoms with van der Waals surface area (Å²) < 4.78 is 10.6. The zero-order valence-corrected chi connectivity index (χ0v) is 17.1. The molecule has 0 saturated heterocycles. The first kappa shape index (κ1) is 18.9. The molecule has 2 aliphatic rings. The van der Waals surface area contributed by atoms with E-state index in [0.29, 0.717) is 22.3 Å². The molecule has 2 fully saturated rings. The fourth-order valence-electron chi connectivity index (χ4n) is 3.60. The highest BCUT2D eigenvalue weighted by atomic mass is 32.1. The van der Waals surface area contributed by atoms with Crippen molar-refractivity contribution in [1.82, 2.24) is 4.98 Å². The van der Waals surface area contributed by atoms with Gasteiger partial charge < -0.3 is 9.47 Å². The zero-order chi connectivity index (χ0) is 19.8. The SMILES string of the molecule is CCOC(=O)c1sc(N(C(=O)C2CC2c2ccccc2OC)C2CC2)nc1C. The number of hydrogen-bond acceptors (Lipinski definition) is 6. The van der Waals surface area contributed by atoms with Crippen LogP contribution in [-0.2, 0) is 9.53 Å². The van der Waals surface area contributed by atoms with E-state index < -0.39 is 0 Å². The predicted octanol–water partition coefficient (Wildman–Crippen LogP) is 3.94. The van der Waals surface area contributed by atoms with Crippen molar-refractivity contribution in [3.8, 4) is 5.75 Å². The van der Waals surface area contributed by atoms with Crippen LogP contribution < -0.4 is 9.64 Å². The molecular weight excluding hydrogens is 376 g/mol. The molecule has 0 bridgehead atoms. The molecule has 1 heterocycles. The standard InChI is InChI=1S/C21H24N2O4S/c1-4-27-20(25)18-12(2)22-21(28-18)23(13-9-10-13)19(24)16-11-15(16)14-7-5-6-8-17(14)26-3/h5-8,13,15-16H,4,9-11H2,1-3H3. The zero-order valence-electron chi connectivity index (χ0n) is 16.3. The van der Waals surface area contributed by atoms with Crippen LogP contribution in [-0.4, -0.2) is 36.6 Å². The first-order valence-corrected chi connectivity index (χ1v) is 10.5. The molecule has 0 radical (unpaired) electrons. The fourth-order valence-corrected chi connectivity index (χ4v) is 4.64. The van der Waals surface area contributed by atoms with Gasteiger partial charge in [0.1, 0.15) is 10.6 Å². The molecule has 2 saturated carbocycles. The van der Waals surface area contributed by atoms with Crippen LogP contribution in [0, 0.1) is 12.8 Å². The number of aryl methyl sites for hydroxylation is 1. The number of carbonyl (C=O) groups excluding carboxylic acids is 2. The highest BCUT2D eigenvalue weighted by Crippen LogP contribution is 2.52. The topological polar surface area (TPSA) is 68.7 Å². The van der Waals surface area contributed by atoms with Crippen molar-refractivity contribution >= 4 is 28.3 Å². The van der Waals surface area contributed by atoms with E-state index in [4.69, 9.17) is 9.47 Å². The number of thiazole rings is 1. The van der Waals surface area contributed by atoms with E-state index in [1.54, 1.807) is 21.0 Å². The molecule has 1 aromatic carbocycles. The molecular formula is C21H24N2O4S. The van der Waals surface area contributed by atoms with Crippen molar-refractivity contribution in [2.75, 3.05) is 18.6 Å². The van der Waals surface area contributed by atoms with Gasteiger partial charge in [-0.3, -0.25) is 9.69 Å². The molecule has 2 aliphatic carbocycles. The average molecular weight is 401 g/mol. The third-order valence-corrected chi connectivity index (χ3v) is 6.38. The first-order valence-electron chi connectivity index (χ1n) is 9.65. The molecule has 1 amide bonds. The summed E-state index contributed by atoms with van der Waals surface area (Å²) in [6, 6.07) is 8.07. The number of methoxy groups -OCH3 is 1. The lowest BCUT2D eigenvalue weighted by Crippen LogP contribution is -2.34. The fraction of sp³-hybridized carbons (Fsp3) is 0.476. The molecule has 148 valence electrons. The Morgan fingerprint density at radius 2 is 2.04 bits per heavy atom. The number of para-hydroxylation sites is 1. The van der Waals surface area contributed by atoms with Crippen molar-refractivity contribution in [1.29, 1.82) is 0 Å². The number of aromatic nitrogens is 1. The maximum absolute atomic E-state index is 13.3. The number of benzene rings is 1. The van der Waals surface area contributed by atoms with Gasteiger partial charge in [0.05, 0.1) is 19.4 Å². The Bertz CT molecular complexity index is 906. The number of amides is 1. The first-order chi connectivity index (χ1) is 13.5. The molecule has 0 N–H and O–H groups in total. The van der Waals surface area contributed by atoms with Crippen LogP contribution in [0.1, 0.15) is 53.0 Å². The van der Waals surface area contributed by atoms with Crippen molar-refractivity contribution < 1.29 is 19.1 Å². The monoisotopic (exact) mass is 400 g/mol. The Hall–Kier alpha value is -2.41. The van der Waals surface area contributed by atoms with E-state index >= 15 is 0 Å². The number of carbonyl (C=O) groups is 2. The van der Waals surface area contributed by atoms with Crippen LogP contribution in [0.5, 0.6) is 5.75 Å². The quantitative estimate of drug-likeness (QED) is 0.659. The molecule has 2 aromatic rings. The number of ether oxygens (including phenoxy) is 2. The van der Waals surface area contributed by atoms with Crippen molar-refractivity contribution in [2.45, 2.75) is 45.1 Å². The minimum absolute atomic E-state index is 0.0628. The summed E-state index contributed by atoms with van der Waals surface area (Å²) in [5.74, 6) is 0.672. The highest BCUT2D eigenvalue weighted by Gasteiger charge is 2.50. The smallest absolute Gasteiger partial charge is 0.350 e. The van der Waals surface area contributed by atoms with Crippen LogP contribution in [0.25, 0.3) is 0 Å². The van der Waals surface area contributed by atoms with Crippen molar-refractivity contribution in [2.24, 2.45) is 5.92 Å². The van der Waals surface area contributed by atoms with Gasteiger partial charge in [0, 0.05) is 12.0 Å². The van der Waals surface area contributed by atoms with Crippen LogP contribution >= 0.6 is 11.3 Å². The molecule has 4 rings (SSSR count). The second-order valence-corrected chi connectivity index (χ2v) is 8.24. The minimum atomic E-state index is -0.370. The number of hydrogen-bond donors (Lipinski definition) is 0. The molecule has 2 atom stereocenters. The molecule has 1 aromatic heterocycles. The van der Waals surface area contributed by atoms with Gasteiger partial charge in [0.15, 0.2) is 5.13 Å². The Kier molecular flexibility index (Phi) is 5.10. The minimum Gasteiger partial charge on any atom is -0.496 e. The molecule has 7 heteroatoms. The van der Waals surface area contributed by atoms with Gasteiger partial charge in [-0.25, -0.2) is 9.78 Å². The largest absolute Gasteiger partial charge is 0.496 e. The number of nitrogens with zero attached hydrogens (tertiary/aromatic N) is 2. The molecule has 2 unspecified atom stereocenters. The maximum Gasteiger partial charge on any atom is 0.350 e. The van der Waals surface area contributed by atoms with E-state index in [1.807, 2.05) is 29.2 Å². The van der Waals surface area contributed by atoms with Crippen molar-refractivity contribution in [3.63, 3.8) is 0 Å². The van der Waals surface area contributed by atoms with E-state index in [1.165, 1.54) is 11.3 Å². The maximum atomic E-state index is 13.3. The van der Waals surface area contributed by atoms with E-state index in [2.05, 4.69) is 4.98 Å². The van der Waals surface area contributed by atoms with Crippen LogP contribution in [0.15, 0.2) is 24.3 Å². The van der Waals surface area contributed by atoms with Crippen LogP contribution in [0.3, 0.4) is 0 Å². The third kappa shape index (κ3) is 3.51. The third-order valence-electron chi connectivity index (χ3n) is 5.25. The Labute approximate surface area is 168 Å². The second kappa shape index (κ2) is 7.54. The van der Waals surface area contributed by atoms with Crippen molar-refractivity contribution in [3.05, 3.63) is 40.4 Å². The lowest BCUT2D eigenvalue weighted by Gasteiger charge is -2.19. The molecule has 6 nitrogen and oxygen atoms in total. The predicted molar refractivity (Wildman–Crippen MR) is 107 cm³/mol. The van der Waals surface area contributed by atoms with Gasteiger partial charge in [-0.05, 0) is 50.7 Å². The van der Waals surface area contributed by atoms with Crippen LogP contribution in [0.4, 0.5) is 5.13 Å². The van der Waals surface area contributed by atoms with Gasteiger partial charge in [-0.15, -0.1) is 0 Å². The molecule has 28 heavy (non-hydrogen) atoms. The van der Waals surface area contributed by atoms with Gasteiger partial charge in [0.2, 0.25) is 5.91 Å². The van der Waals surface area contributed by atoms with Gasteiger partial charge in [0.25, 0.3) is 0 Å². The Balaban J connectivity index is 1.56. The summed E-state index contributed by atoms with van der Waals surface area (Å²) in [6.45, 7) is 3.89. The highest BCUT2D eigenvalue weighted by molar-refractivity contribution is 7.17. The second-order valence-electron chi connectivity index (χ2n) is 7.26. The average Bonchev–Trinajstić information content (AvgIpc) is 3.60. The lowest BCUT2D eigenvalue weighted by atomic mass is 10.1. The Morgan fingerprint density at radius 3 is 2.71 bits per heavy atom. The summed E-state index contributed by atoms with van der Waals surface area (Å²) in [5, 5.41) is 0.610. The van der Waals surface area contributed by atoms with E-state index in [9.17, 15) is 9.59 Å². The molecule has 0 spiro atoms. The van der Waals surface area contributed by atoms with Gasteiger partial charge in [-0.1, -0.05) is 29.5 Å². The summed E-state index contributed by atoms with van der Waals surface area (Å²) in [4.78, 5) is 32.3. The number of esters is 1. The summed E-state index contributed by atoms with van der Waals surface area (Å²) in [6.07, 6.45) is 2.77. The summed E-state index contributed by atoms with van der Waals surface area (Å²) >= 11 is 1.26. The van der Waals surface area contributed by atoms with Gasteiger partial charge >= 0.3 is 5.97 Å². The number of rotatable bonds is 7. The number of anilines is 1. The van der Waals surface area contributed by atoms with Gasteiger partial charge in [-0.2, -0.15) is 0 Å². The normalized spacial score (nSPS) is 20.5. The molecule has 0 aliphatic heterocycles. The van der Waals surface area contributed by atoms with E-state index in [0.717, 1.165) is 30.6 Å².